The molecule has 2 rings (SSSR count). The quantitative estimate of drug-likeness (QED) is 0.792. The minimum absolute atomic E-state index is 0.175. The molecule has 0 radical (unpaired) electrons. The molecular formula is C10H10ClN3O2S. The van der Waals surface area contributed by atoms with Crippen LogP contribution in [0.2, 0.25) is 0 Å². The average Bonchev–Trinajstić information content (AvgIpc) is 2.78. The first kappa shape index (κ1) is 12.1. The van der Waals surface area contributed by atoms with Gasteiger partial charge in [-0.2, -0.15) is 5.10 Å². The summed E-state index contributed by atoms with van der Waals surface area (Å²) in [5, 5.41) is 3.98. The van der Waals surface area contributed by atoms with Gasteiger partial charge in [-0.3, -0.25) is 4.98 Å². The van der Waals surface area contributed by atoms with Crippen molar-refractivity contribution in [2.45, 2.75) is 10.8 Å². The summed E-state index contributed by atoms with van der Waals surface area (Å²) in [7, 11) is -3.24. The van der Waals surface area contributed by atoms with Gasteiger partial charge in [0.1, 0.15) is 4.90 Å². The van der Waals surface area contributed by atoms with Crippen molar-refractivity contribution in [2.24, 2.45) is 0 Å². The van der Waals surface area contributed by atoms with Gasteiger partial charge in [0, 0.05) is 24.5 Å². The van der Waals surface area contributed by atoms with E-state index in [1.807, 2.05) is 0 Å². The third-order valence-electron chi connectivity index (χ3n) is 2.19. The molecule has 0 unspecified atom stereocenters. The Morgan fingerprint density at radius 2 is 2.12 bits per heavy atom. The van der Waals surface area contributed by atoms with Gasteiger partial charge in [0.15, 0.2) is 9.84 Å². The van der Waals surface area contributed by atoms with E-state index < -0.39 is 9.84 Å². The van der Waals surface area contributed by atoms with Crippen LogP contribution in [-0.2, 0) is 15.7 Å². The van der Waals surface area contributed by atoms with E-state index >= 15 is 0 Å². The number of halogens is 1. The van der Waals surface area contributed by atoms with Crippen LogP contribution in [0, 0.1) is 0 Å². The second-order valence-electron chi connectivity index (χ2n) is 3.58. The van der Waals surface area contributed by atoms with Gasteiger partial charge < -0.3 is 0 Å². The van der Waals surface area contributed by atoms with Crippen LogP contribution in [0.4, 0.5) is 0 Å². The van der Waals surface area contributed by atoms with Gasteiger partial charge in [-0.1, -0.05) is 0 Å². The van der Waals surface area contributed by atoms with Crippen LogP contribution in [0.15, 0.2) is 35.7 Å². The minimum Gasteiger partial charge on any atom is -0.262 e. The maximum Gasteiger partial charge on any atom is 0.178 e. The highest BCUT2D eigenvalue weighted by atomic mass is 35.5. The third kappa shape index (κ3) is 2.65. The molecule has 0 atom stereocenters. The molecule has 0 spiro atoms. The number of aromatic nitrogens is 3. The maximum atomic E-state index is 11.3. The highest BCUT2D eigenvalue weighted by Crippen LogP contribution is 2.13. The zero-order valence-corrected chi connectivity index (χ0v) is 10.6. The van der Waals surface area contributed by atoms with Gasteiger partial charge in [-0.25, -0.2) is 13.1 Å². The average molecular weight is 272 g/mol. The van der Waals surface area contributed by atoms with Crippen LogP contribution in [0.5, 0.6) is 0 Å². The molecule has 7 heteroatoms. The van der Waals surface area contributed by atoms with Crippen molar-refractivity contribution in [1.29, 1.82) is 0 Å². The first-order chi connectivity index (χ1) is 8.00. The second-order valence-corrected chi connectivity index (χ2v) is 5.86. The first-order valence-corrected chi connectivity index (χ1v) is 7.18. The summed E-state index contributed by atoms with van der Waals surface area (Å²) in [6.07, 6.45) is 7.14. The summed E-state index contributed by atoms with van der Waals surface area (Å²) in [4.78, 5) is 4.18. The first-order valence-electron chi connectivity index (χ1n) is 4.75. The summed E-state index contributed by atoms with van der Waals surface area (Å²) in [5.41, 5.74) is 1.53. The van der Waals surface area contributed by atoms with E-state index in [0.29, 0.717) is 11.6 Å². The molecule has 0 N–H and O–H groups in total. The van der Waals surface area contributed by atoms with Crippen LogP contribution in [0.3, 0.4) is 0 Å². The van der Waals surface area contributed by atoms with E-state index in [0.717, 1.165) is 11.8 Å². The molecule has 0 saturated carbocycles. The summed E-state index contributed by atoms with van der Waals surface area (Å²) in [6.45, 7) is 0. The van der Waals surface area contributed by atoms with Crippen molar-refractivity contribution in [3.63, 3.8) is 0 Å². The van der Waals surface area contributed by atoms with Crippen molar-refractivity contribution in [1.82, 2.24) is 14.8 Å². The lowest BCUT2D eigenvalue weighted by Gasteiger charge is -2.01. The van der Waals surface area contributed by atoms with Crippen LogP contribution in [0.1, 0.15) is 5.56 Å². The van der Waals surface area contributed by atoms with Crippen molar-refractivity contribution in [3.8, 4) is 5.69 Å². The smallest absolute Gasteiger partial charge is 0.178 e. The third-order valence-corrected chi connectivity index (χ3v) is 3.56. The predicted octanol–water partition coefficient (Wildman–Crippen LogP) is 1.41. The van der Waals surface area contributed by atoms with Crippen LogP contribution in [0.25, 0.3) is 5.69 Å². The summed E-state index contributed by atoms with van der Waals surface area (Å²) >= 11 is 5.70. The topological polar surface area (TPSA) is 64.8 Å². The van der Waals surface area contributed by atoms with E-state index in [-0.39, 0.29) is 4.90 Å². The number of hydrogen-bond donors (Lipinski definition) is 0. The molecule has 5 nitrogen and oxygen atoms in total. The summed E-state index contributed by atoms with van der Waals surface area (Å²) < 4.78 is 24.1. The Balaban J connectivity index is 2.43. The number of rotatable bonds is 3. The fraction of sp³-hybridized carbons (Fsp3) is 0.200. The lowest BCUT2D eigenvalue weighted by Crippen LogP contribution is -1.97. The molecule has 2 heterocycles. The van der Waals surface area contributed by atoms with Crippen LogP contribution in [-0.4, -0.2) is 29.4 Å². The van der Waals surface area contributed by atoms with E-state index in [1.54, 1.807) is 18.5 Å². The van der Waals surface area contributed by atoms with Crippen LogP contribution < -0.4 is 0 Å². The Kier molecular flexibility index (Phi) is 3.17. The second kappa shape index (κ2) is 4.46. The number of pyridine rings is 1. The number of sulfone groups is 1. The van der Waals surface area contributed by atoms with Gasteiger partial charge >= 0.3 is 0 Å². The summed E-state index contributed by atoms with van der Waals surface area (Å²) in [5.74, 6) is 0.348. The normalized spacial score (nSPS) is 11.6. The largest absolute Gasteiger partial charge is 0.262 e. The molecule has 0 saturated heterocycles. The molecule has 2 aromatic rings. The molecule has 90 valence electrons. The Bertz CT molecular complexity index is 637. The zero-order valence-electron chi connectivity index (χ0n) is 9.04. The molecule has 0 aliphatic rings. The fourth-order valence-electron chi connectivity index (χ4n) is 1.31. The van der Waals surface area contributed by atoms with E-state index in [2.05, 4.69) is 10.1 Å². The lowest BCUT2D eigenvalue weighted by molar-refractivity contribution is 0.602. The molecule has 0 fully saturated rings. The maximum absolute atomic E-state index is 11.3. The molecule has 0 bridgehead atoms. The Labute approximate surface area is 104 Å². The van der Waals surface area contributed by atoms with Crippen molar-refractivity contribution in [3.05, 3.63) is 36.4 Å². The Morgan fingerprint density at radius 1 is 1.35 bits per heavy atom. The molecule has 0 aliphatic carbocycles. The highest BCUT2D eigenvalue weighted by Gasteiger charge is 2.10. The lowest BCUT2D eigenvalue weighted by atomic mass is 10.3. The van der Waals surface area contributed by atoms with Crippen LogP contribution >= 0.6 is 11.6 Å². The molecule has 2 aromatic heterocycles. The number of nitrogens with zero attached hydrogens (tertiary/aromatic N) is 3. The molecular weight excluding hydrogens is 262 g/mol. The molecule has 0 aliphatic heterocycles. The fourth-order valence-corrected chi connectivity index (χ4v) is 1.99. The van der Waals surface area contributed by atoms with E-state index in [4.69, 9.17) is 11.6 Å². The van der Waals surface area contributed by atoms with Crippen molar-refractivity contribution in [2.75, 3.05) is 6.26 Å². The number of hydrogen-bond acceptors (Lipinski definition) is 4. The molecule has 17 heavy (non-hydrogen) atoms. The Hall–Kier alpha value is -1.40. The predicted molar refractivity (Wildman–Crippen MR) is 64.0 cm³/mol. The zero-order chi connectivity index (χ0) is 12.5. The Morgan fingerprint density at radius 3 is 2.71 bits per heavy atom. The summed E-state index contributed by atoms with van der Waals surface area (Å²) in [6, 6.07) is 1.80. The van der Waals surface area contributed by atoms with Gasteiger partial charge in [0.05, 0.1) is 18.1 Å². The van der Waals surface area contributed by atoms with Gasteiger partial charge in [-0.15, -0.1) is 11.6 Å². The van der Waals surface area contributed by atoms with E-state index in [9.17, 15) is 8.42 Å². The number of alkyl halides is 1. The van der Waals surface area contributed by atoms with Crippen molar-refractivity contribution >= 4 is 21.4 Å². The van der Waals surface area contributed by atoms with Crippen molar-refractivity contribution < 1.29 is 8.42 Å². The minimum atomic E-state index is -3.24. The van der Waals surface area contributed by atoms with Gasteiger partial charge in [0.25, 0.3) is 0 Å². The van der Waals surface area contributed by atoms with E-state index in [1.165, 1.54) is 17.1 Å². The highest BCUT2D eigenvalue weighted by molar-refractivity contribution is 7.90. The van der Waals surface area contributed by atoms with Gasteiger partial charge in [-0.05, 0) is 11.6 Å². The molecule has 0 amide bonds. The standard InChI is InChI=1S/C10H10ClN3O2S/c1-17(15,16)10-6-13-14(7-10)9-2-8(3-11)4-12-5-9/h2,4-7H,3H2,1H3. The monoisotopic (exact) mass is 271 g/mol. The van der Waals surface area contributed by atoms with Gasteiger partial charge in [0.2, 0.25) is 0 Å². The molecule has 0 aromatic carbocycles. The SMILES string of the molecule is CS(=O)(=O)c1cnn(-c2cncc(CCl)c2)c1.